The number of aromatic nitrogens is 2. The lowest BCUT2D eigenvalue weighted by Gasteiger charge is -2.02. The van der Waals surface area contributed by atoms with Gasteiger partial charge in [-0.25, -0.2) is 9.78 Å². The van der Waals surface area contributed by atoms with Crippen LogP contribution in [0.3, 0.4) is 0 Å². The standard InChI is InChI=1S/C13H14N2O5S2/c1-3-20-13(19)10-6(2)9-11(18)14-7(15-12(9)22-10)4-21-5-8(16)17/h3-5H2,1-2H3,(H,16,17)(H,14,15,18)/p-1. The minimum absolute atomic E-state index is 0.181. The van der Waals surface area contributed by atoms with Crippen molar-refractivity contribution in [3.63, 3.8) is 0 Å². The monoisotopic (exact) mass is 341 g/mol. The molecule has 22 heavy (non-hydrogen) atoms. The number of nitrogens with one attached hydrogen (secondary N) is 1. The van der Waals surface area contributed by atoms with Crippen molar-refractivity contribution in [1.82, 2.24) is 9.97 Å². The normalized spacial score (nSPS) is 10.8. The number of H-pyrrole nitrogens is 1. The number of thiophene rings is 1. The van der Waals surface area contributed by atoms with Crippen LogP contribution in [0.5, 0.6) is 0 Å². The molecule has 118 valence electrons. The molecule has 0 saturated carbocycles. The molecule has 0 aliphatic rings. The SMILES string of the molecule is CCOC(=O)c1sc2nc(CSCC(=O)[O-])[nH]c(=O)c2c1C. The molecule has 0 spiro atoms. The molecule has 0 aliphatic heterocycles. The zero-order valence-electron chi connectivity index (χ0n) is 11.9. The minimum atomic E-state index is -1.18. The average Bonchev–Trinajstić information content (AvgIpc) is 2.76. The first-order valence-corrected chi connectivity index (χ1v) is 8.38. The van der Waals surface area contributed by atoms with Crippen molar-refractivity contribution < 1.29 is 19.4 Å². The van der Waals surface area contributed by atoms with Crippen LogP contribution < -0.4 is 10.7 Å². The second-order valence-electron chi connectivity index (χ2n) is 4.33. The first-order valence-electron chi connectivity index (χ1n) is 6.41. The summed E-state index contributed by atoms with van der Waals surface area (Å²) in [6, 6.07) is 0. The van der Waals surface area contributed by atoms with Gasteiger partial charge >= 0.3 is 5.97 Å². The molecule has 0 saturated heterocycles. The largest absolute Gasteiger partial charge is 0.549 e. The van der Waals surface area contributed by atoms with Gasteiger partial charge < -0.3 is 19.6 Å². The fraction of sp³-hybridized carbons (Fsp3) is 0.385. The summed E-state index contributed by atoms with van der Waals surface area (Å²) in [5.74, 6) is -1.23. The summed E-state index contributed by atoms with van der Waals surface area (Å²) in [4.78, 5) is 42.0. The third-order valence-corrected chi connectivity index (χ3v) is 4.85. The van der Waals surface area contributed by atoms with Crippen molar-refractivity contribution in [1.29, 1.82) is 0 Å². The maximum Gasteiger partial charge on any atom is 0.348 e. The number of thioether (sulfide) groups is 1. The number of esters is 1. The highest BCUT2D eigenvalue weighted by molar-refractivity contribution is 7.99. The summed E-state index contributed by atoms with van der Waals surface area (Å²) in [5.41, 5.74) is 0.194. The number of fused-ring (bicyclic) bond motifs is 1. The van der Waals surface area contributed by atoms with Crippen LogP contribution in [0, 0.1) is 6.92 Å². The Morgan fingerprint density at radius 3 is 2.82 bits per heavy atom. The van der Waals surface area contributed by atoms with E-state index in [-0.39, 0.29) is 23.7 Å². The number of rotatable bonds is 6. The van der Waals surface area contributed by atoms with Crippen molar-refractivity contribution in [3.05, 3.63) is 26.6 Å². The van der Waals surface area contributed by atoms with Gasteiger partial charge in [0.25, 0.3) is 5.56 Å². The lowest BCUT2D eigenvalue weighted by Crippen LogP contribution is -2.24. The highest BCUT2D eigenvalue weighted by Gasteiger charge is 2.20. The Bertz CT molecular complexity index is 781. The topological polar surface area (TPSA) is 112 Å². The first-order chi connectivity index (χ1) is 10.4. The Balaban J connectivity index is 2.36. The molecular formula is C13H13N2O5S2-. The van der Waals surface area contributed by atoms with E-state index in [1.165, 1.54) is 0 Å². The van der Waals surface area contributed by atoms with Crippen molar-refractivity contribution >= 4 is 45.3 Å². The van der Waals surface area contributed by atoms with Gasteiger partial charge in [-0.05, 0) is 19.4 Å². The highest BCUT2D eigenvalue weighted by atomic mass is 32.2. The lowest BCUT2D eigenvalue weighted by molar-refractivity contribution is -0.301. The van der Waals surface area contributed by atoms with Crippen LogP contribution in [0.15, 0.2) is 4.79 Å². The van der Waals surface area contributed by atoms with Gasteiger partial charge in [-0.15, -0.1) is 23.1 Å². The molecular weight excluding hydrogens is 328 g/mol. The van der Waals surface area contributed by atoms with Crippen molar-refractivity contribution in [2.45, 2.75) is 19.6 Å². The fourth-order valence-corrected chi connectivity index (χ4v) is 3.57. The molecule has 0 amide bonds. The molecule has 0 aromatic carbocycles. The van der Waals surface area contributed by atoms with Crippen molar-refractivity contribution in [3.8, 4) is 0 Å². The average molecular weight is 341 g/mol. The van der Waals surface area contributed by atoms with E-state index in [1.54, 1.807) is 13.8 Å². The molecule has 0 atom stereocenters. The van der Waals surface area contributed by atoms with Crippen LogP contribution in [0.1, 0.15) is 28.0 Å². The smallest absolute Gasteiger partial charge is 0.348 e. The summed E-state index contributed by atoms with van der Waals surface area (Å²) in [6.07, 6.45) is 0. The number of hydrogen-bond donors (Lipinski definition) is 1. The van der Waals surface area contributed by atoms with Gasteiger partial charge in [0.1, 0.15) is 15.5 Å². The van der Waals surface area contributed by atoms with Crippen LogP contribution in [0.4, 0.5) is 0 Å². The van der Waals surface area contributed by atoms with Crippen LogP contribution in [0.2, 0.25) is 0 Å². The molecule has 7 nitrogen and oxygen atoms in total. The molecule has 0 fully saturated rings. The molecule has 9 heteroatoms. The van der Waals surface area contributed by atoms with Gasteiger partial charge in [0.2, 0.25) is 0 Å². The number of hydrogen-bond acceptors (Lipinski definition) is 8. The Morgan fingerprint density at radius 1 is 1.45 bits per heavy atom. The maximum absolute atomic E-state index is 12.1. The quantitative estimate of drug-likeness (QED) is 0.759. The third-order valence-electron chi connectivity index (χ3n) is 2.77. The molecule has 2 heterocycles. The van der Waals surface area contributed by atoms with E-state index in [2.05, 4.69) is 9.97 Å². The van der Waals surface area contributed by atoms with Crippen LogP contribution in [-0.2, 0) is 15.3 Å². The van der Waals surface area contributed by atoms with Gasteiger partial charge in [0, 0.05) is 5.75 Å². The third kappa shape index (κ3) is 3.47. The summed E-state index contributed by atoms with van der Waals surface area (Å²) in [7, 11) is 0. The number of ether oxygens (including phenoxy) is 1. The number of carboxylic acids is 1. The number of aliphatic carboxylic acids is 1. The number of carbonyl (C=O) groups is 2. The minimum Gasteiger partial charge on any atom is -0.549 e. The zero-order chi connectivity index (χ0) is 16.3. The number of carbonyl (C=O) groups excluding carboxylic acids is 2. The second-order valence-corrected chi connectivity index (χ2v) is 6.32. The Kier molecular flexibility index (Phi) is 5.19. The van der Waals surface area contributed by atoms with Crippen molar-refractivity contribution in [2.24, 2.45) is 0 Å². The van der Waals surface area contributed by atoms with E-state index in [0.717, 1.165) is 23.1 Å². The van der Waals surface area contributed by atoms with E-state index in [0.29, 0.717) is 26.5 Å². The molecule has 0 aliphatic carbocycles. The highest BCUT2D eigenvalue weighted by Crippen LogP contribution is 2.27. The molecule has 0 radical (unpaired) electrons. The summed E-state index contributed by atoms with van der Waals surface area (Å²) in [6.45, 7) is 3.63. The van der Waals surface area contributed by atoms with Gasteiger partial charge in [-0.1, -0.05) is 0 Å². The number of nitrogens with zero attached hydrogens (tertiary/aromatic N) is 1. The van der Waals surface area contributed by atoms with Crippen molar-refractivity contribution in [2.75, 3.05) is 12.4 Å². The van der Waals surface area contributed by atoms with E-state index in [4.69, 9.17) is 4.74 Å². The maximum atomic E-state index is 12.1. The van der Waals surface area contributed by atoms with Gasteiger partial charge in [0.15, 0.2) is 0 Å². The Hall–Kier alpha value is -1.87. The van der Waals surface area contributed by atoms with E-state index in [9.17, 15) is 19.5 Å². The fourth-order valence-electron chi connectivity index (χ4n) is 1.88. The molecule has 2 aromatic rings. The predicted molar refractivity (Wildman–Crippen MR) is 82.1 cm³/mol. The molecule has 1 N–H and O–H groups in total. The summed E-state index contributed by atoms with van der Waals surface area (Å²) < 4.78 is 4.95. The van der Waals surface area contributed by atoms with Gasteiger partial charge in [-0.2, -0.15) is 0 Å². The predicted octanol–water partition coefficient (Wildman–Crippen LogP) is 0.453. The van der Waals surface area contributed by atoms with E-state index < -0.39 is 11.9 Å². The van der Waals surface area contributed by atoms with Crippen LogP contribution >= 0.6 is 23.1 Å². The van der Waals surface area contributed by atoms with Crippen LogP contribution in [0.25, 0.3) is 10.2 Å². The molecule has 0 bridgehead atoms. The number of aryl methyl sites for hydroxylation is 1. The Morgan fingerprint density at radius 2 is 2.18 bits per heavy atom. The van der Waals surface area contributed by atoms with Gasteiger partial charge in [0.05, 0.1) is 23.7 Å². The molecule has 0 unspecified atom stereocenters. The number of aromatic amines is 1. The van der Waals surface area contributed by atoms with E-state index >= 15 is 0 Å². The Labute approximate surface area is 133 Å². The van der Waals surface area contributed by atoms with Gasteiger partial charge in [-0.3, -0.25) is 4.79 Å². The zero-order valence-corrected chi connectivity index (χ0v) is 13.6. The van der Waals surface area contributed by atoms with Crippen LogP contribution in [-0.4, -0.2) is 34.3 Å². The first kappa shape index (κ1) is 16.5. The summed E-state index contributed by atoms with van der Waals surface area (Å²) >= 11 is 2.17. The lowest BCUT2D eigenvalue weighted by atomic mass is 10.2. The second kappa shape index (κ2) is 6.93. The summed E-state index contributed by atoms with van der Waals surface area (Å²) in [5, 5.41) is 10.7. The number of carboxylic acid groups (broad SMARTS) is 1. The van der Waals surface area contributed by atoms with E-state index in [1.807, 2.05) is 0 Å². The molecule has 2 rings (SSSR count). The molecule has 2 aromatic heterocycles.